The lowest BCUT2D eigenvalue weighted by molar-refractivity contribution is -0.121. The lowest BCUT2D eigenvalue weighted by Gasteiger charge is -2.32. The van der Waals surface area contributed by atoms with Crippen LogP contribution in [0.25, 0.3) is 0 Å². The fraction of sp³-hybridized carbons (Fsp3) is 0.269. The molecule has 3 aromatic rings. The Morgan fingerprint density at radius 2 is 1.85 bits per heavy atom. The van der Waals surface area contributed by atoms with E-state index in [0.29, 0.717) is 30.9 Å². The summed E-state index contributed by atoms with van der Waals surface area (Å²) in [7, 11) is 0. The van der Waals surface area contributed by atoms with Gasteiger partial charge in [-0.2, -0.15) is 0 Å². The highest BCUT2D eigenvalue weighted by atomic mass is 19.1. The quantitative estimate of drug-likeness (QED) is 0.575. The maximum absolute atomic E-state index is 13.2. The predicted molar refractivity (Wildman–Crippen MR) is 125 cm³/mol. The highest BCUT2D eigenvalue weighted by Gasteiger charge is 2.26. The maximum atomic E-state index is 13.2. The lowest BCUT2D eigenvalue weighted by Crippen LogP contribution is -2.40. The van der Waals surface area contributed by atoms with Crippen molar-refractivity contribution in [1.29, 1.82) is 0 Å². The third-order valence-corrected chi connectivity index (χ3v) is 5.80. The first kappa shape index (κ1) is 22.6. The molecule has 1 aromatic heterocycles. The first-order chi connectivity index (χ1) is 16.1. The Morgan fingerprint density at radius 1 is 1.03 bits per heavy atom. The van der Waals surface area contributed by atoms with Gasteiger partial charge in [0, 0.05) is 32.0 Å². The molecule has 33 heavy (non-hydrogen) atoms. The molecule has 2 N–H and O–H groups in total. The molecule has 0 bridgehead atoms. The number of aromatic nitrogens is 1. The van der Waals surface area contributed by atoms with Crippen molar-refractivity contribution in [3.8, 4) is 0 Å². The third-order valence-electron chi connectivity index (χ3n) is 5.80. The smallest absolute Gasteiger partial charge is 0.253 e. The Labute approximate surface area is 192 Å². The van der Waals surface area contributed by atoms with Crippen LogP contribution in [0.4, 0.5) is 10.1 Å². The summed E-state index contributed by atoms with van der Waals surface area (Å²) in [5, 5.41) is 5.84. The van der Waals surface area contributed by atoms with E-state index in [1.807, 2.05) is 12.1 Å². The van der Waals surface area contributed by atoms with E-state index in [9.17, 15) is 14.0 Å². The average molecular weight is 447 g/mol. The van der Waals surface area contributed by atoms with E-state index in [2.05, 4.69) is 20.5 Å². The van der Waals surface area contributed by atoms with E-state index in [4.69, 9.17) is 0 Å². The van der Waals surface area contributed by atoms with Crippen molar-refractivity contribution < 1.29 is 14.0 Å². The molecule has 0 saturated carbocycles. The summed E-state index contributed by atoms with van der Waals surface area (Å²) in [5.74, 6) is -0.772. The van der Waals surface area contributed by atoms with Crippen LogP contribution in [0.5, 0.6) is 0 Å². The second-order valence-electron chi connectivity index (χ2n) is 8.28. The largest absolute Gasteiger partial charge is 0.348 e. The topological polar surface area (TPSA) is 74.3 Å². The molecule has 0 aliphatic carbocycles. The number of nitrogens with one attached hydrogen (secondary N) is 2. The summed E-state index contributed by atoms with van der Waals surface area (Å²) < 4.78 is 13.2. The summed E-state index contributed by atoms with van der Waals surface area (Å²) in [6, 6.07) is 17.2. The Kier molecular flexibility index (Phi) is 7.42. The number of carbonyl (C=O) groups excluding carboxylic acids is 2. The lowest BCUT2D eigenvalue weighted by atomic mass is 9.96. The molecule has 1 fully saturated rings. The number of carbonyl (C=O) groups is 2. The molecule has 1 aliphatic rings. The van der Waals surface area contributed by atoms with Gasteiger partial charge in [0.1, 0.15) is 5.82 Å². The van der Waals surface area contributed by atoms with Gasteiger partial charge in [-0.25, -0.2) is 4.39 Å². The van der Waals surface area contributed by atoms with Crippen LogP contribution in [-0.2, 0) is 17.9 Å². The average Bonchev–Trinajstić information content (AvgIpc) is 2.85. The van der Waals surface area contributed by atoms with Crippen LogP contribution < -0.4 is 10.6 Å². The Bertz CT molecular complexity index is 1090. The van der Waals surface area contributed by atoms with Gasteiger partial charge in [0.2, 0.25) is 5.91 Å². The molecule has 6 nitrogen and oxygen atoms in total. The number of nitrogens with zero attached hydrogens (tertiary/aromatic N) is 2. The number of benzene rings is 2. The molecule has 2 heterocycles. The molecule has 1 saturated heterocycles. The van der Waals surface area contributed by atoms with Gasteiger partial charge in [-0.1, -0.05) is 30.3 Å². The van der Waals surface area contributed by atoms with Crippen LogP contribution in [0.3, 0.4) is 0 Å². The molecule has 1 aliphatic heterocycles. The standard InChI is InChI=1S/C26H27FN4O2/c27-22-11-9-19(10-12-22)17-31-14-4-6-21(18-31)25(32)30-24-8-2-1-7-23(24)26(33)29-16-20-5-3-13-28-15-20/h1-3,5,7-13,15,21H,4,6,14,16-18H2,(H,29,33)(H,30,32)/t21-/m0/s1. The fourth-order valence-corrected chi connectivity index (χ4v) is 4.07. The number of pyridine rings is 1. The second kappa shape index (κ2) is 10.8. The number of hydrogen-bond donors (Lipinski definition) is 2. The van der Waals surface area contributed by atoms with Gasteiger partial charge in [0.05, 0.1) is 17.2 Å². The van der Waals surface area contributed by atoms with Crippen LogP contribution in [0, 0.1) is 11.7 Å². The third kappa shape index (κ3) is 6.23. The van der Waals surface area contributed by atoms with E-state index in [0.717, 1.165) is 30.5 Å². The van der Waals surface area contributed by atoms with Crippen molar-refractivity contribution in [2.24, 2.45) is 5.92 Å². The van der Waals surface area contributed by atoms with Crippen LogP contribution in [-0.4, -0.2) is 34.8 Å². The zero-order valence-corrected chi connectivity index (χ0v) is 18.3. The zero-order valence-electron chi connectivity index (χ0n) is 18.3. The van der Waals surface area contributed by atoms with Crippen LogP contribution in [0.2, 0.25) is 0 Å². The molecule has 170 valence electrons. The van der Waals surface area contributed by atoms with Crippen molar-refractivity contribution in [3.05, 3.63) is 95.6 Å². The summed E-state index contributed by atoms with van der Waals surface area (Å²) >= 11 is 0. The Hall–Kier alpha value is -3.58. The molecule has 2 amide bonds. The maximum Gasteiger partial charge on any atom is 0.253 e. The monoisotopic (exact) mass is 446 g/mol. The van der Waals surface area contributed by atoms with Gasteiger partial charge < -0.3 is 10.6 Å². The number of hydrogen-bond acceptors (Lipinski definition) is 4. The van der Waals surface area contributed by atoms with E-state index in [-0.39, 0.29) is 23.5 Å². The van der Waals surface area contributed by atoms with Crippen LogP contribution >= 0.6 is 0 Å². The minimum atomic E-state index is -0.253. The van der Waals surface area contributed by atoms with Crippen molar-refractivity contribution in [2.75, 3.05) is 18.4 Å². The second-order valence-corrected chi connectivity index (χ2v) is 8.28. The van der Waals surface area contributed by atoms with Crippen molar-refractivity contribution in [2.45, 2.75) is 25.9 Å². The van der Waals surface area contributed by atoms with Crippen LogP contribution in [0.1, 0.15) is 34.3 Å². The number of rotatable bonds is 7. The molecular formula is C26H27FN4O2. The van der Waals surface area contributed by atoms with Gasteiger partial charge in [-0.3, -0.25) is 19.5 Å². The molecule has 1 atom stereocenters. The Balaban J connectivity index is 1.36. The molecule has 0 unspecified atom stereocenters. The van der Waals surface area contributed by atoms with Crippen molar-refractivity contribution in [3.63, 3.8) is 0 Å². The van der Waals surface area contributed by atoms with Gasteiger partial charge in [0.25, 0.3) is 5.91 Å². The summed E-state index contributed by atoms with van der Waals surface area (Å²) in [6.45, 7) is 2.56. The van der Waals surface area contributed by atoms with Gasteiger partial charge in [-0.15, -0.1) is 0 Å². The molecule has 7 heteroatoms. The van der Waals surface area contributed by atoms with E-state index >= 15 is 0 Å². The summed E-state index contributed by atoms with van der Waals surface area (Å²) in [5.41, 5.74) is 2.85. The van der Waals surface area contributed by atoms with Crippen LogP contribution in [0.15, 0.2) is 73.1 Å². The normalized spacial score (nSPS) is 16.2. The highest BCUT2D eigenvalue weighted by molar-refractivity contribution is 6.04. The van der Waals surface area contributed by atoms with Gasteiger partial charge in [-0.05, 0) is 60.8 Å². The Morgan fingerprint density at radius 3 is 2.64 bits per heavy atom. The predicted octanol–water partition coefficient (Wildman–Crippen LogP) is 4.00. The first-order valence-corrected chi connectivity index (χ1v) is 11.1. The van der Waals surface area contributed by atoms with Gasteiger partial charge in [0.15, 0.2) is 0 Å². The zero-order chi connectivity index (χ0) is 23.0. The summed E-state index contributed by atoms with van der Waals surface area (Å²) in [4.78, 5) is 32.1. The van der Waals surface area contributed by atoms with E-state index in [1.54, 1.807) is 48.8 Å². The minimum absolute atomic E-state index is 0.0914. The number of likely N-dealkylation sites (tertiary alicyclic amines) is 1. The molecule has 4 rings (SSSR count). The van der Waals surface area contributed by atoms with E-state index < -0.39 is 0 Å². The summed E-state index contributed by atoms with van der Waals surface area (Å²) in [6.07, 6.45) is 5.09. The number of anilines is 1. The molecule has 0 radical (unpaired) electrons. The molecule has 2 aromatic carbocycles. The molecular weight excluding hydrogens is 419 g/mol. The van der Waals surface area contributed by atoms with Crippen molar-refractivity contribution >= 4 is 17.5 Å². The van der Waals surface area contributed by atoms with Gasteiger partial charge >= 0.3 is 0 Å². The van der Waals surface area contributed by atoms with Crippen molar-refractivity contribution in [1.82, 2.24) is 15.2 Å². The first-order valence-electron chi connectivity index (χ1n) is 11.1. The minimum Gasteiger partial charge on any atom is -0.348 e. The SMILES string of the molecule is O=C(NCc1cccnc1)c1ccccc1NC(=O)[C@H]1CCCN(Cc2ccc(F)cc2)C1. The number of halogens is 1. The fourth-order valence-electron chi connectivity index (χ4n) is 4.07. The van der Waals surface area contributed by atoms with E-state index in [1.165, 1.54) is 12.1 Å². The highest BCUT2D eigenvalue weighted by Crippen LogP contribution is 2.22. The molecule has 0 spiro atoms. The number of piperidine rings is 1. The number of para-hydroxylation sites is 1. The number of amides is 2.